The van der Waals surface area contributed by atoms with Crippen molar-refractivity contribution in [2.75, 3.05) is 12.4 Å². The summed E-state index contributed by atoms with van der Waals surface area (Å²) in [7, 11) is 0. The van der Waals surface area contributed by atoms with Gasteiger partial charge >= 0.3 is 0 Å². The lowest BCUT2D eigenvalue weighted by atomic mass is 9.85. The van der Waals surface area contributed by atoms with E-state index in [9.17, 15) is 0 Å². The first-order valence-electron chi connectivity index (χ1n) is 5.73. The normalized spacial score (nSPS) is 14.8. The van der Waals surface area contributed by atoms with Gasteiger partial charge in [-0.1, -0.05) is 27.7 Å². The molecule has 0 rings (SSSR count). The van der Waals surface area contributed by atoms with Crippen molar-refractivity contribution in [2.45, 2.75) is 53.6 Å². The Labute approximate surface area is 95.0 Å². The molecule has 14 heavy (non-hydrogen) atoms. The summed E-state index contributed by atoms with van der Waals surface area (Å²) >= 11 is 4.44. The van der Waals surface area contributed by atoms with Gasteiger partial charge in [-0.05, 0) is 31.4 Å². The Morgan fingerprint density at radius 1 is 1.14 bits per heavy atom. The van der Waals surface area contributed by atoms with Crippen molar-refractivity contribution >= 4 is 12.6 Å². The van der Waals surface area contributed by atoms with E-state index in [2.05, 4.69) is 47.2 Å². The zero-order valence-corrected chi connectivity index (χ0v) is 11.2. The second kappa shape index (κ2) is 6.73. The molecule has 1 nitrogen and oxygen atoms in total. The molecule has 0 N–H and O–H groups in total. The number of hydrogen-bond acceptors (Lipinski definition) is 2. The molecule has 0 fully saturated rings. The maximum atomic E-state index is 5.89. The predicted octanol–water partition coefficient (Wildman–Crippen LogP) is 3.78. The lowest BCUT2D eigenvalue weighted by molar-refractivity contribution is -0.0165. The summed E-state index contributed by atoms with van der Waals surface area (Å²) in [5.41, 5.74) is 0.284. The van der Waals surface area contributed by atoms with Gasteiger partial charge in [0.15, 0.2) is 0 Å². The minimum Gasteiger partial charge on any atom is -0.378 e. The molecule has 86 valence electrons. The van der Waals surface area contributed by atoms with Crippen LogP contribution in [-0.4, -0.2) is 18.5 Å². The van der Waals surface area contributed by atoms with Gasteiger partial charge in [0.1, 0.15) is 0 Å². The Hall–Kier alpha value is 0.310. The van der Waals surface area contributed by atoms with Crippen LogP contribution in [-0.2, 0) is 4.74 Å². The van der Waals surface area contributed by atoms with Gasteiger partial charge < -0.3 is 4.74 Å². The molecule has 0 amide bonds. The van der Waals surface area contributed by atoms with Gasteiger partial charge in [-0.3, -0.25) is 0 Å². The molecule has 0 saturated heterocycles. The van der Waals surface area contributed by atoms with Crippen LogP contribution in [0.5, 0.6) is 0 Å². The van der Waals surface area contributed by atoms with Crippen molar-refractivity contribution in [3.63, 3.8) is 0 Å². The van der Waals surface area contributed by atoms with Crippen LogP contribution < -0.4 is 0 Å². The fraction of sp³-hybridized carbons (Fsp3) is 1.00. The van der Waals surface area contributed by atoms with Crippen molar-refractivity contribution in [1.82, 2.24) is 0 Å². The first-order chi connectivity index (χ1) is 6.51. The summed E-state index contributed by atoms with van der Waals surface area (Å²) in [4.78, 5) is 0. The largest absolute Gasteiger partial charge is 0.378 e. The Morgan fingerprint density at radius 3 is 1.93 bits per heavy atom. The molecule has 0 aliphatic heterocycles. The van der Waals surface area contributed by atoms with E-state index in [-0.39, 0.29) is 5.41 Å². The van der Waals surface area contributed by atoms with Crippen molar-refractivity contribution in [2.24, 2.45) is 11.3 Å². The van der Waals surface area contributed by atoms with Gasteiger partial charge in [0, 0.05) is 5.41 Å². The number of rotatable bonds is 7. The van der Waals surface area contributed by atoms with E-state index in [4.69, 9.17) is 4.74 Å². The van der Waals surface area contributed by atoms with E-state index in [1.165, 1.54) is 0 Å². The standard InChI is InChI=1S/C12H26OS/c1-6-12(7-2,9-14)8-13-11(5)10(3)4/h10-11,14H,6-9H2,1-5H3. The minimum absolute atomic E-state index is 0.284. The van der Waals surface area contributed by atoms with Crippen LogP contribution in [0.4, 0.5) is 0 Å². The molecule has 0 heterocycles. The maximum Gasteiger partial charge on any atom is 0.0570 e. The molecule has 0 aromatic carbocycles. The molecule has 2 heteroatoms. The highest BCUT2D eigenvalue weighted by atomic mass is 32.1. The summed E-state index contributed by atoms with van der Waals surface area (Å²) in [6.45, 7) is 11.9. The minimum atomic E-state index is 0.284. The smallest absolute Gasteiger partial charge is 0.0570 e. The number of ether oxygens (including phenoxy) is 1. The molecule has 1 unspecified atom stereocenters. The Morgan fingerprint density at radius 2 is 1.64 bits per heavy atom. The number of thiol groups is 1. The third-order valence-corrected chi connectivity index (χ3v) is 4.10. The van der Waals surface area contributed by atoms with Gasteiger partial charge in [0.05, 0.1) is 12.7 Å². The molecule has 0 aromatic heterocycles. The van der Waals surface area contributed by atoms with Crippen LogP contribution in [0.1, 0.15) is 47.5 Å². The molecule has 1 atom stereocenters. The summed E-state index contributed by atoms with van der Waals surface area (Å²) in [5.74, 6) is 1.52. The van der Waals surface area contributed by atoms with Crippen LogP contribution in [0, 0.1) is 11.3 Å². The topological polar surface area (TPSA) is 9.23 Å². The van der Waals surface area contributed by atoms with E-state index in [1.807, 2.05) is 0 Å². The molecule has 0 aliphatic rings. The van der Waals surface area contributed by atoms with Crippen molar-refractivity contribution in [1.29, 1.82) is 0 Å². The fourth-order valence-electron chi connectivity index (χ4n) is 1.22. The van der Waals surface area contributed by atoms with Gasteiger partial charge in [0.2, 0.25) is 0 Å². The summed E-state index contributed by atoms with van der Waals surface area (Å²) in [5, 5.41) is 0. The lowest BCUT2D eigenvalue weighted by Crippen LogP contribution is -2.31. The van der Waals surface area contributed by atoms with Crippen molar-refractivity contribution in [3.8, 4) is 0 Å². The zero-order valence-electron chi connectivity index (χ0n) is 10.3. The molecule has 0 aromatic rings. The van der Waals surface area contributed by atoms with Crippen LogP contribution in [0.2, 0.25) is 0 Å². The second-order valence-electron chi connectivity index (χ2n) is 4.63. The second-order valence-corrected chi connectivity index (χ2v) is 4.94. The molecule has 0 saturated carbocycles. The van der Waals surface area contributed by atoms with E-state index >= 15 is 0 Å². The molecule has 0 aliphatic carbocycles. The Bertz CT molecular complexity index is 133. The quantitative estimate of drug-likeness (QED) is 0.640. The summed E-state index contributed by atoms with van der Waals surface area (Å²) < 4.78 is 5.89. The van der Waals surface area contributed by atoms with Crippen LogP contribution in [0.25, 0.3) is 0 Å². The highest BCUT2D eigenvalue weighted by Gasteiger charge is 2.25. The number of hydrogen-bond donors (Lipinski definition) is 1. The van der Waals surface area contributed by atoms with Crippen molar-refractivity contribution < 1.29 is 4.74 Å². The fourth-order valence-corrected chi connectivity index (χ4v) is 1.76. The Kier molecular flexibility index (Phi) is 6.88. The monoisotopic (exact) mass is 218 g/mol. The average Bonchev–Trinajstić information content (AvgIpc) is 2.20. The third-order valence-electron chi connectivity index (χ3n) is 3.43. The predicted molar refractivity (Wildman–Crippen MR) is 67.1 cm³/mol. The first-order valence-corrected chi connectivity index (χ1v) is 6.37. The Balaban J connectivity index is 4.05. The molecular weight excluding hydrogens is 192 g/mol. The molecular formula is C12H26OS. The molecule has 0 spiro atoms. The van der Waals surface area contributed by atoms with E-state index in [1.54, 1.807) is 0 Å². The third kappa shape index (κ3) is 4.22. The highest BCUT2D eigenvalue weighted by molar-refractivity contribution is 7.80. The van der Waals surface area contributed by atoms with Gasteiger partial charge in [0.25, 0.3) is 0 Å². The van der Waals surface area contributed by atoms with Gasteiger partial charge in [-0.2, -0.15) is 12.6 Å². The first kappa shape index (κ1) is 14.3. The molecule has 0 bridgehead atoms. The maximum absolute atomic E-state index is 5.89. The van der Waals surface area contributed by atoms with E-state index < -0.39 is 0 Å². The van der Waals surface area contributed by atoms with Gasteiger partial charge in [-0.25, -0.2) is 0 Å². The average molecular weight is 218 g/mol. The van der Waals surface area contributed by atoms with Crippen LogP contribution >= 0.6 is 12.6 Å². The summed E-state index contributed by atoms with van der Waals surface area (Å²) in [6.07, 6.45) is 2.66. The van der Waals surface area contributed by atoms with E-state index in [0.29, 0.717) is 12.0 Å². The van der Waals surface area contributed by atoms with Crippen LogP contribution in [0.15, 0.2) is 0 Å². The highest BCUT2D eigenvalue weighted by Crippen LogP contribution is 2.29. The zero-order chi connectivity index (χ0) is 11.2. The van der Waals surface area contributed by atoms with Crippen LogP contribution in [0.3, 0.4) is 0 Å². The van der Waals surface area contributed by atoms with Crippen molar-refractivity contribution in [3.05, 3.63) is 0 Å². The lowest BCUT2D eigenvalue weighted by Gasteiger charge is -2.31. The molecule has 0 radical (unpaired) electrons. The SMILES string of the molecule is CCC(CC)(CS)COC(C)C(C)C. The van der Waals surface area contributed by atoms with E-state index in [0.717, 1.165) is 25.2 Å². The summed E-state index contributed by atoms with van der Waals surface area (Å²) in [6, 6.07) is 0. The van der Waals surface area contributed by atoms with Gasteiger partial charge in [-0.15, -0.1) is 0 Å².